The highest BCUT2D eigenvalue weighted by Crippen LogP contribution is 2.41. The molecule has 13 heteroatoms. The van der Waals surface area contributed by atoms with Crippen molar-refractivity contribution in [2.24, 2.45) is 20.0 Å². The molecule has 204 valence electrons. The van der Waals surface area contributed by atoms with Crippen LogP contribution in [-0.4, -0.2) is 46.7 Å². The Labute approximate surface area is 233 Å². The monoisotopic (exact) mass is 559 g/mol. The van der Waals surface area contributed by atoms with Gasteiger partial charge in [-0.1, -0.05) is 11.6 Å². The molecule has 2 aliphatic carbocycles. The van der Waals surface area contributed by atoms with E-state index in [0.717, 1.165) is 31.2 Å². The third-order valence-corrected chi connectivity index (χ3v) is 7.85. The number of imidazole rings is 1. The predicted octanol–water partition coefficient (Wildman–Crippen LogP) is 4.15. The maximum Gasteiger partial charge on any atom is 0.274 e. The van der Waals surface area contributed by atoms with Gasteiger partial charge in [0.2, 0.25) is 11.9 Å². The van der Waals surface area contributed by atoms with Gasteiger partial charge in [-0.2, -0.15) is 10.1 Å². The number of hydrogen-bond acceptors (Lipinski definition) is 8. The quantitative estimate of drug-likeness (QED) is 0.315. The van der Waals surface area contributed by atoms with Crippen molar-refractivity contribution in [2.75, 3.05) is 17.3 Å². The number of rotatable bonds is 7. The summed E-state index contributed by atoms with van der Waals surface area (Å²) in [6.07, 6.45) is 12.4. The molecule has 0 bridgehead atoms. The topological polar surface area (TPSA) is 124 Å². The molecule has 5 aromatic rings. The van der Waals surface area contributed by atoms with E-state index in [-0.39, 0.29) is 17.4 Å². The zero-order valence-electron chi connectivity index (χ0n) is 22.1. The molecule has 1 amide bonds. The number of pyridine rings is 2. The minimum absolute atomic E-state index is 0.0580. The normalized spacial score (nSPS) is 15.1. The minimum Gasteiger partial charge on any atom is -0.450 e. The van der Waals surface area contributed by atoms with Gasteiger partial charge in [0, 0.05) is 33.3 Å². The van der Waals surface area contributed by atoms with E-state index in [4.69, 9.17) is 16.3 Å². The molecule has 7 rings (SSSR count). The number of carbonyl (C=O) groups is 1. The number of hydrogen-bond donors (Lipinski definition) is 1. The number of aromatic nitrogens is 7. The van der Waals surface area contributed by atoms with Gasteiger partial charge in [0.25, 0.3) is 5.56 Å². The minimum atomic E-state index is -0.146. The van der Waals surface area contributed by atoms with E-state index < -0.39 is 0 Å². The molecule has 0 aliphatic heterocycles. The number of fused-ring (bicyclic) bond motifs is 2. The predicted molar refractivity (Wildman–Crippen MR) is 150 cm³/mol. The largest absolute Gasteiger partial charge is 0.450 e. The Hall–Kier alpha value is -4.45. The summed E-state index contributed by atoms with van der Waals surface area (Å²) >= 11 is 6.79. The molecular formula is C27H26ClN9O3. The molecule has 0 radical (unpaired) electrons. The van der Waals surface area contributed by atoms with Crippen LogP contribution in [0, 0.1) is 5.92 Å². The molecule has 40 heavy (non-hydrogen) atoms. The van der Waals surface area contributed by atoms with Crippen molar-refractivity contribution < 1.29 is 9.53 Å². The van der Waals surface area contributed by atoms with E-state index >= 15 is 0 Å². The lowest BCUT2D eigenvalue weighted by Crippen LogP contribution is -2.28. The highest BCUT2D eigenvalue weighted by molar-refractivity contribution is 6.36. The van der Waals surface area contributed by atoms with Crippen LogP contribution in [0.15, 0.2) is 41.8 Å². The van der Waals surface area contributed by atoms with Crippen molar-refractivity contribution in [1.82, 2.24) is 33.7 Å². The lowest BCUT2D eigenvalue weighted by molar-refractivity contribution is -0.119. The molecule has 5 aromatic heterocycles. The first-order chi connectivity index (χ1) is 19.3. The molecule has 1 N–H and O–H groups in total. The van der Waals surface area contributed by atoms with E-state index in [1.807, 2.05) is 12.3 Å². The molecule has 0 unspecified atom stereocenters. The summed E-state index contributed by atoms with van der Waals surface area (Å²) in [4.78, 5) is 40.2. The first-order valence-electron chi connectivity index (χ1n) is 13.1. The van der Waals surface area contributed by atoms with E-state index in [9.17, 15) is 9.59 Å². The maximum absolute atomic E-state index is 12.8. The molecule has 0 aromatic carbocycles. The SMILES string of the molecule is CN(C(=O)C1CC1)c1cn2ncc(Oc3cnc4nc(Nc5cc(C6CC6)cn(C)c5=O)n(C)c4c3Cl)c2cn1. The van der Waals surface area contributed by atoms with Crippen LogP contribution in [0.4, 0.5) is 17.5 Å². The molecule has 0 atom stereocenters. The summed E-state index contributed by atoms with van der Waals surface area (Å²) in [5, 5.41) is 7.85. The zero-order chi connectivity index (χ0) is 27.7. The van der Waals surface area contributed by atoms with Gasteiger partial charge in [0.15, 0.2) is 23.0 Å². The Morgan fingerprint density at radius 2 is 1.90 bits per heavy atom. The summed E-state index contributed by atoms with van der Waals surface area (Å²) in [7, 11) is 5.26. The van der Waals surface area contributed by atoms with Gasteiger partial charge in [0.1, 0.15) is 21.7 Å². The molecule has 12 nitrogen and oxygen atoms in total. The molecule has 2 aliphatic rings. The second kappa shape index (κ2) is 9.05. The Morgan fingerprint density at radius 1 is 1.10 bits per heavy atom. The third-order valence-electron chi connectivity index (χ3n) is 7.48. The van der Waals surface area contributed by atoms with Gasteiger partial charge in [-0.25, -0.2) is 14.5 Å². The van der Waals surface area contributed by atoms with Gasteiger partial charge in [0.05, 0.1) is 24.8 Å². The van der Waals surface area contributed by atoms with Crippen molar-refractivity contribution >= 4 is 51.6 Å². The Kier molecular flexibility index (Phi) is 5.56. The van der Waals surface area contributed by atoms with E-state index in [1.165, 1.54) is 6.20 Å². The fraction of sp³-hybridized carbons (Fsp3) is 0.333. The smallest absolute Gasteiger partial charge is 0.274 e. The molecular weight excluding hydrogens is 534 g/mol. The summed E-state index contributed by atoms with van der Waals surface area (Å²) in [5.74, 6) is 2.33. The second-order valence-corrected chi connectivity index (χ2v) is 10.8. The molecule has 5 heterocycles. The average Bonchev–Trinajstić information content (AvgIpc) is 3.88. The third kappa shape index (κ3) is 4.15. The number of ether oxygens (including phenoxy) is 1. The van der Waals surface area contributed by atoms with Gasteiger partial charge < -0.3 is 19.2 Å². The van der Waals surface area contributed by atoms with Crippen molar-refractivity contribution in [3.63, 3.8) is 0 Å². The number of halogens is 1. The number of nitrogens with zero attached hydrogens (tertiary/aromatic N) is 8. The number of aryl methyl sites for hydroxylation is 2. The molecule has 2 fully saturated rings. The zero-order valence-corrected chi connectivity index (χ0v) is 22.9. The molecule has 2 saturated carbocycles. The molecule has 0 spiro atoms. The molecule has 0 saturated heterocycles. The van der Waals surface area contributed by atoms with Crippen LogP contribution in [0.1, 0.15) is 37.2 Å². The maximum atomic E-state index is 12.8. The van der Waals surface area contributed by atoms with Crippen LogP contribution >= 0.6 is 11.6 Å². The highest BCUT2D eigenvalue weighted by atomic mass is 35.5. The fourth-order valence-corrected chi connectivity index (χ4v) is 5.12. The first kappa shape index (κ1) is 24.6. The standard InChI is InChI=1S/C27H26ClN9O3/c1-34-12-16(14-4-5-14)8-17(26(34)39)32-27-33-24-23(36(27)3)22(28)20(10-30-24)40-19-11-31-37-13-21(29-9-18(19)37)35(2)25(38)15-6-7-15/h8-15H,4-7H2,1-3H3,(H,30,32,33). The highest BCUT2D eigenvalue weighted by Gasteiger charge is 2.33. The van der Waals surface area contributed by atoms with Gasteiger partial charge in [-0.15, -0.1) is 0 Å². The fourth-order valence-electron chi connectivity index (χ4n) is 4.82. The number of nitrogens with one attached hydrogen (secondary N) is 1. The van der Waals surface area contributed by atoms with Crippen LogP contribution < -0.4 is 20.5 Å². The van der Waals surface area contributed by atoms with Crippen LogP contribution in [0.3, 0.4) is 0 Å². The first-order valence-corrected chi connectivity index (χ1v) is 13.4. The van der Waals surface area contributed by atoms with Gasteiger partial charge in [-0.3, -0.25) is 14.5 Å². The lowest BCUT2D eigenvalue weighted by atomic mass is 10.2. The summed E-state index contributed by atoms with van der Waals surface area (Å²) in [6.45, 7) is 0. The van der Waals surface area contributed by atoms with E-state index in [2.05, 4.69) is 25.4 Å². The van der Waals surface area contributed by atoms with Crippen molar-refractivity contribution in [3.8, 4) is 11.5 Å². The number of amides is 1. The van der Waals surface area contributed by atoms with Crippen LogP contribution in [0.2, 0.25) is 5.02 Å². The van der Waals surface area contributed by atoms with Crippen LogP contribution in [0.5, 0.6) is 11.5 Å². The van der Waals surface area contributed by atoms with Crippen LogP contribution in [0.25, 0.3) is 16.7 Å². The Balaban J connectivity index is 1.18. The number of carbonyl (C=O) groups excluding carboxylic acids is 1. The summed E-state index contributed by atoms with van der Waals surface area (Å²) < 4.78 is 11.1. The van der Waals surface area contributed by atoms with E-state index in [1.54, 1.807) is 58.3 Å². The Morgan fingerprint density at radius 3 is 2.65 bits per heavy atom. The van der Waals surface area contributed by atoms with E-state index in [0.29, 0.717) is 56.6 Å². The summed E-state index contributed by atoms with van der Waals surface area (Å²) in [6, 6.07) is 1.90. The number of anilines is 3. The Bertz CT molecular complexity index is 1880. The van der Waals surface area contributed by atoms with Crippen molar-refractivity contribution in [2.45, 2.75) is 31.6 Å². The lowest BCUT2D eigenvalue weighted by Gasteiger charge is -2.15. The van der Waals surface area contributed by atoms with Gasteiger partial charge in [-0.05, 0) is 43.2 Å². The van der Waals surface area contributed by atoms with Crippen LogP contribution in [-0.2, 0) is 18.9 Å². The second-order valence-electron chi connectivity index (χ2n) is 10.5. The van der Waals surface area contributed by atoms with Crippen molar-refractivity contribution in [3.05, 3.63) is 58.0 Å². The average molecular weight is 560 g/mol. The van der Waals surface area contributed by atoms with Crippen molar-refractivity contribution in [1.29, 1.82) is 0 Å². The summed E-state index contributed by atoms with van der Waals surface area (Å²) in [5.41, 5.74) is 2.99. The van der Waals surface area contributed by atoms with Gasteiger partial charge >= 0.3 is 0 Å².